The van der Waals surface area contributed by atoms with Gasteiger partial charge in [-0.3, -0.25) is 0 Å². The molecule has 0 spiro atoms. The summed E-state index contributed by atoms with van der Waals surface area (Å²) < 4.78 is 10.6. The van der Waals surface area contributed by atoms with Gasteiger partial charge in [-0.2, -0.15) is 0 Å². The van der Waals surface area contributed by atoms with Crippen LogP contribution in [0, 0.1) is 6.92 Å². The van der Waals surface area contributed by atoms with Gasteiger partial charge in [0.15, 0.2) is 0 Å². The van der Waals surface area contributed by atoms with E-state index in [0.717, 1.165) is 19.8 Å². The maximum absolute atomic E-state index is 5.33. The lowest BCUT2D eigenvalue weighted by atomic mass is 10.1. The summed E-state index contributed by atoms with van der Waals surface area (Å²) in [5.41, 5.74) is 2.53. The second-order valence-electron chi connectivity index (χ2n) is 4.75. The number of rotatable bonds is 6. The number of nitrogens with zero attached hydrogens (tertiary/aromatic N) is 1. The summed E-state index contributed by atoms with van der Waals surface area (Å²) >= 11 is 0. The van der Waals surface area contributed by atoms with Crippen LogP contribution < -0.4 is 4.90 Å². The van der Waals surface area contributed by atoms with Gasteiger partial charge < -0.3 is 14.4 Å². The Labute approximate surface area is 103 Å². The van der Waals surface area contributed by atoms with Crippen molar-refractivity contribution in [1.82, 2.24) is 0 Å². The monoisotopic (exact) mass is 235 g/mol. The van der Waals surface area contributed by atoms with Gasteiger partial charge in [0.1, 0.15) is 0 Å². The van der Waals surface area contributed by atoms with Crippen molar-refractivity contribution in [3.8, 4) is 0 Å². The molecule has 0 radical (unpaired) electrons. The molecule has 1 aliphatic rings. The van der Waals surface area contributed by atoms with Gasteiger partial charge in [-0.25, -0.2) is 0 Å². The maximum Gasteiger partial charge on any atom is 0.0984 e. The van der Waals surface area contributed by atoms with Crippen molar-refractivity contribution in [2.24, 2.45) is 0 Å². The molecule has 0 N–H and O–H groups in total. The molecule has 0 aromatic heterocycles. The van der Waals surface area contributed by atoms with Crippen LogP contribution in [0.3, 0.4) is 0 Å². The third kappa shape index (κ3) is 3.45. The van der Waals surface area contributed by atoms with E-state index < -0.39 is 0 Å². The van der Waals surface area contributed by atoms with Crippen molar-refractivity contribution in [3.05, 3.63) is 29.8 Å². The Morgan fingerprint density at radius 2 is 2.06 bits per heavy atom. The van der Waals surface area contributed by atoms with Gasteiger partial charge in [0.2, 0.25) is 0 Å². The fraction of sp³-hybridized carbons (Fsp3) is 0.571. The minimum Gasteiger partial charge on any atom is -0.383 e. The van der Waals surface area contributed by atoms with E-state index in [1.807, 2.05) is 0 Å². The molecule has 1 aliphatic heterocycles. The van der Waals surface area contributed by atoms with Crippen LogP contribution in [-0.4, -0.2) is 39.0 Å². The lowest BCUT2D eigenvalue weighted by molar-refractivity contribution is 0.180. The van der Waals surface area contributed by atoms with Gasteiger partial charge in [-0.15, -0.1) is 0 Å². The van der Waals surface area contributed by atoms with Crippen molar-refractivity contribution >= 4 is 5.69 Å². The summed E-state index contributed by atoms with van der Waals surface area (Å²) in [5, 5.41) is 0. The Morgan fingerprint density at radius 3 is 2.59 bits per heavy atom. The molecule has 2 atom stereocenters. The Bertz CT molecular complexity index is 346. The van der Waals surface area contributed by atoms with Gasteiger partial charge >= 0.3 is 0 Å². The number of methoxy groups -OCH3 is 1. The van der Waals surface area contributed by atoms with E-state index >= 15 is 0 Å². The van der Waals surface area contributed by atoms with Crippen LogP contribution in [-0.2, 0) is 9.47 Å². The number of anilines is 1. The van der Waals surface area contributed by atoms with Gasteiger partial charge in [0.05, 0.1) is 19.3 Å². The second kappa shape index (κ2) is 5.52. The molecule has 2 rings (SSSR count). The molecule has 1 heterocycles. The summed E-state index contributed by atoms with van der Waals surface area (Å²) in [6.07, 6.45) is 0.399. The smallest absolute Gasteiger partial charge is 0.0984 e. The molecular weight excluding hydrogens is 214 g/mol. The predicted octanol–water partition coefficient (Wildman–Crippen LogP) is 2.24. The topological polar surface area (TPSA) is 25.0 Å². The van der Waals surface area contributed by atoms with Crippen molar-refractivity contribution in [2.75, 3.05) is 31.8 Å². The summed E-state index contributed by atoms with van der Waals surface area (Å²) in [5.74, 6) is 0. The van der Waals surface area contributed by atoms with E-state index in [1.54, 1.807) is 7.11 Å². The van der Waals surface area contributed by atoms with Gasteiger partial charge in [0, 0.05) is 25.4 Å². The Hall–Kier alpha value is -1.06. The first-order valence-electron chi connectivity index (χ1n) is 6.14. The van der Waals surface area contributed by atoms with Crippen LogP contribution in [0.15, 0.2) is 24.3 Å². The zero-order valence-corrected chi connectivity index (χ0v) is 10.8. The number of hydrogen-bond donors (Lipinski definition) is 0. The number of ether oxygens (including phenoxy) is 2. The van der Waals surface area contributed by atoms with E-state index in [0.29, 0.717) is 12.1 Å². The molecule has 3 heteroatoms. The van der Waals surface area contributed by atoms with E-state index in [9.17, 15) is 0 Å². The largest absolute Gasteiger partial charge is 0.383 e. The summed E-state index contributed by atoms with van der Waals surface area (Å²) in [6.45, 7) is 6.87. The Kier molecular flexibility index (Phi) is 4.02. The molecule has 1 fully saturated rings. The quantitative estimate of drug-likeness (QED) is 0.707. The fourth-order valence-corrected chi connectivity index (χ4v) is 2.00. The van der Waals surface area contributed by atoms with Crippen molar-refractivity contribution in [3.63, 3.8) is 0 Å². The third-order valence-electron chi connectivity index (χ3n) is 3.11. The van der Waals surface area contributed by atoms with Crippen LogP contribution in [0.2, 0.25) is 0 Å². The predicted molar refractivity (Wildman–Crippen MR) is 69.6 cm³/mol. The number of benzene rings is 1. The molecule has 0 aliphatic carbocycles. The lowest BCUT2D eigenvalue weighted by Gasteiger charge is -2.30. The lowest BCUT2D eigenvalue weighted by Crippen LogP contribution is -2.39. The third-order valence-corrected chi connectivity index (χ3v) is 3.11. The van der Waals surface area contributed by atoms with E-state index in [-0.39, 0.29) is 0 Å². The highest BCUT2D eigenvalue weighted by Crippen LogP contribution is 2.22. The summed E-state index contributed by atoms with van der Waals surface area (Å²) in [7, 11) is 1.75. The molecule has 0 saturated carbocycles. The molecule has 1 saturated heterocycles. The standard InChI is InChI=1S/C14H21NO2/c1-11-4-6-13(7-5-11)15(8-14-10-17-14)12(2)9-16-3/h4-7,12,14H,8-10H2,1-3H3. The second-order valence-corrected chi connectivity index (χ2v) is 4.75. The molecule has 17 heavy (non-hydrogen) atoms. The van der Waals surface area contributed by atoms with Crippen molar-refractivity contribution in [2.45, 2.75) is 26.0 Å². The number of epoxide rings is 1. The average molecular weight is 235 g/mol. The van der Waals surface area contributed by atoms with Crippen molar-refractivity contribution < 1.29 is 9.47 Å². The van der Waals surface area contributed by atoms with Crippen LogP contribution in [0.1, 0.15) is 12.5 Å². The average Bonchev–Trinajstić information content (AvgIpc) is 3.11. The summed E-state index contributed by atoms with van der Waals surface area (Å²) in [6, 6.07) is 9.01. The number of hydrogen-bond acceptors (Lipinski definition) is 3. The highest BCUT2D eigenvalue weighted by molar-refractivity contribution is 5.48. The highest BCUT2D eigenvalue weighted by atomic mass is 16.6. The van der Waals surface area contributed by atoms with Crippen molar-refractivity contribution in [1.29, 1.82) is 0 Å². The number of aryl methyl sites for hydroxylation is 1. The van der Waals surface area contributed by atoms with Crippen LogP contribution in [0.25, 0.3) is 0 Å². The van der Waals surface area contributed by atoms with Crippen LogP contribution in [0.5, 0.6) is 0 Å². The maximum atomic E-state index is 5.33. The Morgan fingerprint density at radius 1 is 1.41 bits per heavy atom. The molecular formula is C14H21NO2. The molecule has 3 nitrogen and oxygen atoms in total. The molecule has 1 aromatic rings. The highest BCUT2D eigenvalue weighted by Gasteiger charge is 2.27. The zero-order chi connectivity index (χ0) is 12.3. The van der Waals surface area contributed by atoms with E-state index in [2.05, 4.69) is 43.0 Å². The first-order chi connectivity index (χ1) is 8.20. The van der Waals surface area contributed by atoms with Gasteiger partial charge in [0.25, 0.3) is 0 Å². The minimum absolute atomic E-state index is 0.368. The van der Waals surface area contributed by atoms with Gasteiger partial charge in [-0.05, 0) is 26.0 Å². The SMILES string of the molecule is COCC(C)N(CC1CO1)c1ccc(C)cc1. The van der Waals surface area contributed by atoms with Crippen LogP contribution >= 0.6 is 0 Å². The molecule has 94 valence electrons. The fourth-order valence-electron chi connectivity index (χ4n) is 2.00. The minimum atomic E-state index is 0.368. The zero-order valence-electron chi connectivity index (χ0n) is 10.8. The van der Waals surface area contributed by atoms with E-state index in [4.69, 9.17) is 9.47 Å². The molecule has 0 amide bonds. The van der Waals surface area contributed by atoms with Gasteiger partial charge in [-0.1, -0.05) is 17.7 Å². The normalized spacial score (nSPS) is 20.1. The molecule has 0 bridgehead atoms. The molecule has 1 aromatic carbocycles. The first kappa shape index (κ1) is 12.4. The van der Waals surface area contributed by atoms with Crippen LogP contribution in [0.4, 0.5) is 5.69 Å². The van der Waals surface area contributed by atoms with E-state index in [1.165, 1.54) is 11.3 Å². The Balaban J connectivity index is 2.09. The molecule has 2 unspecified atom stereocenters. The summed E-state index contributed by atoms with van der Waals surface area (Å²) in [4.78, 5) is 2.36. The first-order valence-corrected chi connectivity index (χ1v) is 6.14.